The molecule has 1 saturated carbocycles. The number of carboxylic acid groups (broad SMARTS) is 1. The van der Waals surface area contributed by atoms with Gasteiger partial charge in [0.05, 0.1) is 25.0 Å². The number of amides is 1. The lowest BCUT2D eigenvalue weighted by atomic mass is 9.73. The molecule has 0 aromatic carbocycles. The SMILES string of the molecule is COCCN(CC(F)F)C(=O)C1CCC1C(=O)O. The summed E-state index contributed by atoms with van der Waals surface area (Å²) < 4.78 is 29.5. The number of halogens is 2. The number of rotatable bonds is 7. The molecule has 0 aromatic rings. The highest BCUT2D eigenvalue weighted by atomic mass is 19.3. The Labute approximate surface area is 104 Å². The zero-order chi connectivity index (χ0) is 13.7. The third-order valence-corrected chi connectivity index (χ3v) is 3.14. The van der Waals surface area contributed by atoms with E-state index in [4.69, 9.17) is 9.84 Å². The third kappa shape index (κ3) is 3.63. The number of hydrogen-bond acceptors (Lipinski definition) is 3. The Kier molecular flexibility index (Phi) is 5.46. The Hall–Kier alpha value is -1.24. The van der Waals surface area contributed by atoms with Crippen molar-refractivity contribution in [3.63, 3.8) is 0 Å². The molecule has 1 N–H and O–H groups in total. The maximum atomic E-state index is 12.4. The highest BCUT2D eigenvalue weighted by Crippen LogP contribution is 2.35. The number of ether oxygens (including phenoxy) is 1. The van der Waals surface area contributed by atoms with Crippen molar-refractivity contribution in [2.45, 2.75) is 19.3 Å². The maximum Gasteiger partial charge on any atom is 0.307 e. The zero-order valence-corrected chi connectivity index (χ0v) is 10.1. The Morgan fingerprint density at radius 3 is 2.39 bits per heavy atom. The number of hydrogen-bond donors (Lipinski definition) is 1. The van der Waals surface area contributed by atoms with Crippen molar-refractivity contribution in [1.82, 2.24) is 4.90 Å². The van der Waals surface area contributed by atoms with Crippen LogP contribution in [0.2, 0.25) is 0 Å². The van der Waals surface area contributed by atoms with Crippen molar-refractivity contribution >= 4 is 11.9 Å². The summed E-state index contributed by atoms with van der Waals surface area (Å²) >= 11 is 0. The second kappa shape index (κ2) is 6.63. The van der Waals surface area contributed by atoms with Crippen molar-refractivity contribution in [2.24, 2.45) is 11.8 Å². The molecule has 7 heteroatoms. The summed E-state index contributed by atoms with van der Waals surface area (Å²) in [5.74, 6) is -2.95. The van der Waals surface area contributed by atoms with E-state index in [1.807, 2.05) is 0 Å². The molecule has 18 heavy (non-hydrogen) atoms. The highest BCUT2D eigenvalue weighted by molar-refractivity contribution is 5.86. The first-order valence-corrected chi connectivity index (χ1v) is 5.76. The molecular weight excluding hydrogens is 248 g/mol. The Morgan fingerprint density at radius 2 is 2.00 bits per heavy atom. The third-order valence-electron chi connectivity index (χ3n) is 3.14. The molecule has 104 valence electrons. The Balaban J connectivity index is 2.60. The van der Waals surface area contributed by atoms with Crippen molar-refractivity contribution in [3.8, 4) is 0 Å². The zero-order valence-electron chi connectivity index (χ0n) is 10.1. The summed E-state index contributed by atoms with van der Waals surface area (Å²) in [6.07, 6.45) is -1.75. The van der Waals surface area contributed by atoms with Crippen LogP contribution in [-0.2, 0) is 14.3 Å². The second-order valence-corrected chi connectivity index (χ2v) is 4.30. The summed E-state index contributed by atoms with van der Waals surface area (Å²) in [6.45, 7) is -0.462. The van der Waals surface area contributed by atoms with Gasteiger partial charge in [0.25, 0.3) is 6.43 Å². The van der Waals surface area contributed by atoms with E-state index < -0.39 is 36.7 Å². The molecule has 1 rings (SSSR count). The van der Waals surface area contributed by atoms with Crippen LogP contribution in [0, 0.1) is 11.8 Å². The quantitative estimate of drug-likeness (QED) is 0.740. The topological polar surface area (TPSA) is 66.8 Å². The molecule has 1 fully saturated rings. The lowest BCUT2D eigenvalue weighted by Crippen LogP contribution is -2.48. The van der Waals surface area contributed by atoms with E-state index >= 15 is 0 Å². The first-order chi connectivity index (χ1) is 8.47. The molecule has 0 spiro atoms. The molecule has 2 atom stereocenters. The van der Waals surface area contributed by atoms with E-state index in [2.05, 4.69) is 0 Å². The summed E-state index contributed by atoms with van der Waals surface area (Å²) in [5.41, 5.74) is 0. The number of carboxylic acids is 1. The first kappa shape index (κ1) is 14.8. The summed E-state index contributed by atoms with van der Waals surface area (Å²) in [4.78, 5) is 23.8. The van der Waals surface area contributed by atoms with Gasteiger partial charge < -0.3 is 14.7 Å². The standard InChI is InChI=1S/C11H17F2NO4/c1-18-5-4-14(6-9(12)13)10(15)7-2-3-8(7)11(16)17/h7-9H,2-6H2,1H3,(H,16,17). The van der Waals surface area contributed by atoms with Crippen LogP contribution in [0.5, 0.6) is 0 Å². The summed E-state index contributed by atoms with van der Waals surface area (Å²) in [5, 5.41) is 8.85. The van der Waals surface area contributed by atoms with Crippen molar-refractivity contribution in [3.05, 3.63) is 0 Å². The fourth-order valence-electron chi connectivity index (χ4n) is 1.99. The van der Waals surface area contributed by atoms with Gasteiger partial charge in [-0.05, 0) is 12.8 Å². The minimum Gasteiger partial charge on any atom is -0.481 e. The lowest BCUT2D eigenvalue weighted by Gasteiger charge is -2.36. The average Bonchev–Trinajstić information content (AvgIpc) is 2.20. The minimum atomic E-state index is -2.63. The van der Waals surface area contributed by atoms with Gasteiger partial charge in [-0.3, -0.25) is 9.59 Å². The van der Waals surface area contributed by atoms with Gasteiger partial charge in [0.1, 0.15) is 0 Å². The molecule has 5 nitrogen and oxygen atoms in total. The molecular formula is C11H17F2NO4. The summed E-state index contributed by atoms with van der Waals surface area (Å²) in [6, 6.07) is 0. The van der Waals surface area contributed by atoms with Gasteiger partial charge >= 0.3 is 5.97 Å². The fourth-order valence-corrected chi connectivity index (χ4v) is 1.99. The predicted octanol–water partition coefficient (Wildman–Crippen LogP) is 0.837. The number of aliphatic carboxylic acids is 1. The van der Waals surface area contributed by atoms with E-state index in [1.54, 1.807) is 0 Å². The number of methoxy groups -OCH3 is 1. The van der Waals surface area contributed by atoms with Crippen molar-refractivity contribution < 1.29 is 28.2 Å². The first-order valence-electron chi connectivity index (χ1n) is 5.76. The van der Waals surface area contributed by atoms with Gasteiger partial charge in [0, 0.05) is 13.7 Å². The van der Waals surface area contributed by atoms with Crippen LogP contribution in [-0.4, -0.2) is 55.1 Å². The lowest BCUT2D eigenvalue weighted by molar-refractivity contribution is -0.157. The van der Waals surface area contributed by atoms with E-state index in [0.717, 1.165) is 4.90 Å². The summed E-state index contributed by atoms with van der Waals surface area (Å²) in [7, 11) is 1.41. The maximum absolute atomic E-state index is 12.4. The number of alkyl halides is 2. The smallest absolute Gasteiger partial charge is 0.307 e. The van der Waals surface area contributed by atoms with Crippen LogP contribution < -0.4 is 0 Å². The van der Waals surface area contributed by atoms with Crippen molar-refractivity contribution in [2.75, 3.05) is 26.8 Å². The van der Waals surface area contributed by atoms with Crippen LogP contribution in [0.3, 0.4) is 0 Å². The molecule has 1 amide bonds. The van der Waals surface area contributed by atoms with E-state index in [-0.39, 0.29) is 13.2 Å². The van der Waals surface area contributed by atoms with Gasteiger partial charge in [-0.15, -0.1) is 0 Å². The Bertz CT molecular complexity index is 311. The van der Waals surface area contributed by atoms with Gasteiger partial charge in [-0.2, -0.15) is 0 Å². The van der Waals surface area contributed by atoms with Crippen LogP contribution in [0.25, 0.3) is 0 Å². The van der Waals surface area contributed by atoms with Gasteiger partial charge in [-0.25, -0.2) is 8.78 Å². The monoisotopic (exact) mass is 265 g/mol. The van der Waals surface area contributed by atoms with Crippen molar-refractivity contribution in [1.29, 1.82) is 0 Å². The molecule has 2 unspecified atom stereocenters. The molecule has 1 aliphatic rings. The predicted molar refractivity (Wildman–Crippen MR) is 58.3 cm³/mol. The highest BCUT2D eigenvalue weighted by Gasteiger charge is 2.43. The molecule has 0 radical (unpaired) electrons. The van der Waals surface area contributed by atoms with Crippen LogP contribution in [0.4, 0.5) is 8.78 Å². The second-order valence-electron chi connectivity index (χ2n) is 4.30. The van der Waals surface area contributed by atoms with E-state index in [1.165, 1.54) is 7.11 Å². The number of nitrogens with zero attached hydrogens (tertiary/aromatic N) is 1. The van der Waals surface area contributed by atoms with Gasteiger partial charge in [0.15, 0.2) is 0 Å². The largest absolute Gasteiger partial charge is 0.481 e. The molecule has 0 aliphatic heterocycles. The Morgan fingerprint density at radius 1 is 1.39 bits per heavy atom. The number of carbonyl (C=O) groups excluding carboxylic acids is 1. The van der Waals surface area contributed by atoms with Crippen LogP contribution in [0.15, 0.2) is 0 Å². The van der Waals surface area contributed by atoms with Gasteiger partial charge in [-0.1, -0.05) is 0 Å². The minimum absolute atomic E-state index is 0.0580. The molecule has 0 saturated heterocycles. The molecule has 0 heterocycles. The normalized spacial score (nSPS) is 22.7. The van der Waals surface area contributed by atoms with E-state index in [9.17, 15) is 18.4 Å². The van der Waals surface area contributed by atoms with Crippen LogP contribution >= 0.6 is 0 Å². The van der Waals surface area contributed by atoms with Gasteiger partial charge in [0.2, 0.25) is 5.91 Å². The van der Waals surface area contributed by atoms with E-state index in [0.29, 0.717) is 12.8 Å². The average molecular weight is 265 g/mol. The molecule has 0 aromatic heterocycles. The fraction of sp³-hybridized carbons (Fsp3) is 0.818. The van der Waals surface area contributed by atoms with Crippen LogP contribution in [0.1, 0.15) is 12.8 Å². The molecule has 1 aliphatic carbocycles. The number of carbonyl (C=O) groups is 2. The molecule has 0 bridgehead atoms.